The van der Waals surface area contributed by atoms with E-state index in [9.17, 15) is 54.6 Å². The van der Waals surface area contributed by atoms with Gasteiger partial charge >= 0.3 is 0 Å². The molecule has 1 heterocycles. The number of carbonyl (C=O) groups excluding carboxylic acids is 5. The molecule has 2 amide bonds. The average Bonchev–Trinajstić information content (AvgIpc) is 3.09. The van der Waals surface area contributed by atoms with Gasteiger partial charge in [0.25, 0.3) is 0 Å². The van der Waals surface area contributed by atoms with Gasteiger partial charge in [0.15, 0.2) is 24.1 Å². The summed E-state index contributed by atoms with van der Waals surface area (Å²) >= 11 is 0. The molecule has 276 valence electrons. The normalized spacial score (nSPS) is 26.1. The third kappa shape index (κ3) is 6.93. The minimum Gasteiger partial charge on any atom is -0.507 e. The number of Topliss-reactive ketones (excluding diaryl/α,β-unsaturated/α-hetero) is 1. The van der Waals surface area contributed by atoms with E-state index in [0.29, 0.717) is 0 Å². The van der Waals surface area contributed by atoms with Crippen molar-refractivity contribution in [3.63, 3.8) is 0 Å². The first-order valence-corrected chi connectivity index (χ1v) is 16.3. The third-order valence-corrected chi connectivity index (χ3v) is 9.37. The second kappa shape index (κ2) is 14.6. The predicted molar refractivity (Wildman–Crippen MR) is 173 cm³/mol. The first kappa shape index (κ1) is 37.8. The van der Waals surface area contributed by atoms with Crippen LogP contribution in [-0.2, 0) is 30.3 Å². The summed E-state index contributed by atoms with van der Waals surface area (Å²) in [5.74, 6) is -5.74. The number of hydrogen-bond acceptors (Lipinski definition) is 15. The maximum absolute atomic E-state index is 13.9. The quantitative estimate of drug-likeness (QED) is 0.103. The Morgan fingerprint density at radius 2 is 1.76 bits per heavy atom. The number of methoxy groups -OCH3 is 1. The number of fused-ring (bicyclic) bond motifs is 3. The highest BCUT2D eigenvalue weighted by Gasteiger charge is 2.50. The van der Waals surface area contributed by atoms with Crippen molar-refractivity contribution in [1.82, 2.24) is 10.6 Å². The standard InChI is InChI=1S/C34H41N3O14/c1-13(2)7-17(36-21(40)11-35)32(46)37-16-8-22(51-33(47)29(16)43)50-19-10-34(48,20(39)12-38)9-15-24(19)31(45)26-25(28(15)42)27(41)14-5-4-6-18(49-3)23(14)30(26)44/h4-6,13,16-17,19,22,29,33,38,42-43,45,47-48H,7-12,35H2,1-3H3,(H,36,40)(H,37,46)/t16?,17-,19-,22?,29?,33?,34-/m0/s1. The number of aliphatic hydroxyl groups is 4. The van der Waals surface area contributed by atoms with Crippen molar-refractivity contribution in [3.05, 3.63) is 51.6 Å². The van der Waals surface area contributed by atoms with E-state index in [1.165, 1.54) is 25.3 Å². The number of carbonyl (C=O) groups is 5. The van der Waals surface area contributed by atoms with Crippen LogP contribution in [0.15, 0.2) is 18.2 Å². The number of ketones is 3. The Morgan fingerprint density at radius 3 is 2.39 bits per heavy atom. The summed E-state index contributed by atoms with van der Waals surface area (Å²) in [7, 11) is 1.28. The first-order chi connectivity index (χ1) is 24.1. The molecular formula is C34H41N3O14. The van der Waals surface area contributed by atoms with E-state index in [0.717, 1.165) is 0 Å². The fourth-order valence-electron chi connectivity index (χ4n) is 6.89. The van der Waals surface area contributed by atoms with Gasteiger partial charge in [0.1, 0.15) is 41.6 Å². The largest absolute Gasteiger partial charge is 0.507 e. The van der Waals surface area contributed by atoms with Crippen molar-refractivity contribution >= 4 is 29.2 Å². The Labute approximate surface area is 291 Å². The lowest BCUT2D eigenvalue weighted by Crippen LogP contribution is -2.59. The van der Waals surface area contributed by atoms with E-state index < -0.39 is 114 Å². The number of amides is 2. The number of phenols is 2. The van der Waals surface area contributed by atoms with Gasteiger partial charge in [0, 0.05) is 36.0 Å². The maximum atomic E-state index is 13.9. The van der Waals surface area contributed by atoms with Crippen molar-refractivity contribution in [2.24, 2.45) is 11.7 Å². The van der Waals surface area contributed by atoms with Gasteiger partial charge in [-0.05, 0) is 18.4 Å². The van der Waals surface area contributed by atoms with Crippen LogP contribution in [0.4, 0.5) is 0 Å². The number of hydrogen-bond donors (Lipinski definition) is 9. The molecule has 1 aliphatic heterocycles. The van der Waals surface area contributed by atoms with Gasteiger partial charge in [0.2, 0.25) is 17.6 Å². The molecule has 7 atom stereocenters. The van der Waals surface area contributed by atoms with Crippen LogP contribution in [0.2, 0.25) is 0 Å². The lowest BCUT2D eigenvalue weighted by Gasteiger charge is -2.42. The molecule has 1 saturated heterocycles. The van der Waals surface area contributed by atoms with Crippen LogP contribution in [0.3, 0.4) is 0 Å². The molecular weight excluding hydrogens is 674 g/mol. The average molecular weight is 716 g/mol. The third-order valence-electron chi connectivity index (χ3n) is 9.37. The zero-order valence-corrected chi connectivity index (χ0v) is 28.0. The number of aliphatic hydroxyl groups excluding tert-OH is 3. The molecule has 1 fully saturated rings. The SMILES string of the molecule is COc1cccc2c1C(=O)c1c(O)c3c(c(O)c1C2=O)C[C@@](O)(C(=O)CO)C[C@@H]3OC1CC(NC(=O)[C@H](CC(C)C)NC(=O)CN)C(O)C(O)O1. The van der Waals surface area contributed by atoms with E-state index in [-0.39, 0.29) is 53.3 Å². The minimum atomic E-state index is -2.42. The number of aromatic hydroxyl groups is 2. The second-order valence-corrected chi connectivity index (χ2v) is 13.3. The van der Waals surface area contributed by atoms with Crippen molar-refractivity contribution < 1.29 is 68.8 Å². The molecule has 2 aromatic rings. The minimum absolute atomic E-state index is 0.0262. The Hall–Kier alpha value is -4.49. The van der Waals surface area contributed by atoms with Crippen LogP contribution >= 0.6 is 0 Å². The summed E-state index contributed by atoms with van der Waals surface area (Å²) in [5.41, 5.74) is 0.910. The summed E-state index contributed by atoms with van der Waals surface area (Å²) in [6.07, 6.45) is -8.28. The van der Waals surface area contributed by atoms with Gasteiger partial charge < -0.3 is 61.2 Å². The predicted octanol–water partition coefficient (Wildman–Crippen LogP) is -1.42. The summed E-state index contributed by atoms with van der Waals surface area (Å²) in [6.45, 7) is 2.13. The highest BCUT2D eigenvalue weighted by Crippen LogP contribution is 2.52. The fraction of sp³-hybridized carbons (Fsp3) is 0.500. The van der Waals surface area contributed by atoms with Crippen LogP contribution in [0.1, 0.15) is 82.2 Å². The van der Waals surface area contributed by atoms with Gasteiger partial charge in [-0.25, -0.2) is 0 Å². The van der Waals surface area contributed by atoms with Crippen LogP contribution in [0.5, 0.6) is 17.2 Å². The second-order valence-electron chi connectivity index (χ2n) is 13.3. The highest BCUT2D eigenvalue weighted by molar-refractivity contribution is 6.31. The molecule has 0 saturated carbocycles. The smallest absolute Gasteiger partial charge is 0.242 e. The molecule has 5 rings (SSSR count). The van der Waals surface area contributed by atoms with Crippen molar-refractivity contribution in [3.8, 4) is 17.2 Å². The zero-order chi connectivity index (χ0) is 37.5. The highest BCUT2D eigenvalue weighted by atomic mass is 16.7. The number of benzene rings is 2. The van der Waals surface area contributed by atoms with Crippen molar-refractivity contribution in [2.45, 2.75) is 82.0 Å². The molecule has 3 aliphatic rings. The molecule has 17 heteroatoms. The Bertz CT molecular complexity index is 1760. The number of ether oxygens (including phenoxy) is 3. The van der Waals surface area contributed by atoms with E-state index in [2.05, 4.69) is 10.6 Å². The molecule has 2 aliphatic carbocycles. The fourth-order valence-corrected chi connectivity index (χ4v) is 6.89. The molecule has 10 N–H and O–H groups in total. The topological polar surface area (TPSA) is 284 Å². The molecule has 0 spiro atoms. The van der Waals surface area contributed by atoms with Crippen LogP contribution in [-0.4, -0.2) is 116 Å². The zero-order valence-electron chi connectivity index (χ0n) is 28.0. The number of rotatable bonds is 11. The van der Waals surface area contributed by atoms with E-state index in [1.807, 2.05) is 13.8 Å². The lowest BCUT2D eigenvalue weighted by atomic mass is 9.72. The van der Waals surface area contributed by atoms with Crippen LogP contribution < -0.4 is 21.1 Å². The Balaban J connectivity index is 1.53. The lowest BCUT2D eigenvalue weighted by molar-refractivity contribution is -0.303. The van der Waals surface area contributed by atoms with E-state index in [1.54, 1.807) is 0 Å². The summed E-state index contributed by atoms with van der Waals surface area (Å²) in [5, 5.41) is 70.8. The summed E-state index contributed by atoms with van der Waals surface area (Å²) < 4.78 is 16.8. The number of phenolic OH excluding ortho intramolecular Hbond substituents is 2. The molecule has 17 nitrogen and oxygen atoms in total. The summed E-state index contributed by atoms with van der Waals surface area (Å²) in [6, 6.07) is 1.93. The Morgan fingerprint density at radius 1 is 1.08 bits per heavy atom. The molecule has 0 bridgehead atoms. The molecule has 0 radical (unpaired) electrons. The molecule has 4 unspecified atom stereocenters. The Kier molecular flexibility index (Phi) is 10.8. The number of nitrogens with two attached hydrogens (primary N) is 1. The van der Waals surface area contributed by atoms with Crippen LogP contribution in [0.25, 0.3) is 0 Å². The molecule has 0 aromatic heterocycles. The van der Waals surface area contributed by atoms with Crippen molar-refractivity contribution in [2.75, 3.05) is 20.3 Å². The van der Waals surface area contributed by atoms with Gasteiger partial charge in [0.05, 0.1) is 42.5 Å². The van der Waals surface area contributed by atoms with Gasteiger partial charge in [-0.3, -0.25) is 24.0 Å². The van der Waals surface area contributed by atoms with Gasteiger partial charge in [-0.1, -0.05) is 26.0 Å². The van der Waals surface area contributed by atoms with Crippen molar-refractivity contribution in [1.29, 1.82) is 0 Å². The van der Waals surface area contributed by atoms with Gasteiger partial charge in [-0.15, -0.1) is 0 Å². The monoisotopic (exact) mass is 715 g/mol. The maximum Gasteiger partial charge on any atom is 0.242 e. The van der Waals surface area contributed by atoms with E-state index in [4.69, 9.17) is 19.9 Å². The molecule has 51 heavy (non-hydrogen) atoms. The van der Waals surface area contributed by atoms with E-state index >= 15 is 0 Å². The number of nitrogens with one attached hydrogen (secondary N) is 2. The van der Waals surface area contributed by atoms with Gasteiger partial charge in [-0.2, -0.15) is 0 Å². The molecule has 2 aromatic carbocycles. The van der Waals surface area contributed by atoms with Crippen LogP contribution in [0, 0.1) is 5.92 Å². The summed E-state index contributed by atoms with van der Waals surface area (Å²) in [4.78, 5) is 65.7. The first-order valence-electron chi connectivity index (χ1n) is 16.3.